The first-order chi connectivity index (χ1) is 16.0. The molecule has 2 nitrogen and oxygen atoms in total. The van der Waals surface area contributed by atoms with Gasteiger partial charge in [0.15, 0.2) is 6.10 Å². The first-order valence-electron chi connectivity index (χ1n) is 12.2. The van der Waals surface area contributed by atoms with Gasteiger partial charge in [0, 0.05) is 16.7 Å². The molecule has 0 bridgehead atoms. The molecule has 0 aliphatic carbocycles. The third-order valence-electron chi connectivity index (χ3n) is 7.83. The average Bonchev–Trinajstić information content (AvgIpc) is 2.88. The molecule has 33 heavy (non-hydrogen) atoms. The van der Waals surface area contributed by atoms with Gasteiger partial charge in [-0.25, -0.2) is 0 Å². The molecule has 0 aliphatic heterocycles. The zero-order chi connectivity index (χ0) is 23.4. The van der Waals surface area contributed by atoms with Gasteiger partial charge in [-0.1, -0.05) is 131 Å². The van der Waals surface area contributed by atoms with Crippen molar-refractivity contribution < 1.29 is 9.53 Å². The van der Waals surface area contributed by atoms with Gasteiger partial charge in [-0.2, -0.15) is 0 Å². The standard InChI is InChI=1S/C30H34O2Si/c1-5-33(6-2,7-3)22(4)30(31)32-29(27-20-12-16-23-14-8-10-18-25(23)27)28-21-13-17-24-15-9-11-19-26(24)28/h8-22,29H,5-7H2,1-4H3. The van der Waals surface area contributed by atoms with Crippen molar-refractivity contribution >= 4 is 35.6 Å². The molecule has 0 aromatic heterocycles. The fraction of sp³-hybridized carbons (Fsp3) is 0.300. The third kappa shape index (κ3) is 4.34. The summed E-state index contributed by atoms with van der Waals surface area (Å²) in [6.07, 6.45) is -0.450. The number of carbonyl (C=O) groups is 1. The summed E-state index contributed by atoms with van der Waals surface area (Å²) >= 11 is 0. The first kappa shape index (κ1) is 23.3. The van der Waals surface area contributed by atoms with E-state index in [0.29, 0.717) is 0 Å². The number of hydrogen-bond donors (Lipinski definition) is 0. The largest absolute Gasteiger partial charge is 0.453 e. The van der Waals surface area contributed by atoms with Crippen molar-refractivity contribution in [3.05, 3.63) is 96.1 Å². The number of fused-ring (bicyclic) bond motifs is 2. The summed E-state index contributed by atoms with van der Waals surface area (Å²) in [6, 6.07) is 32.6. The molecule has 0 saturated carbocycles. The van der Waals surface area contributed by atoms with E-state index in [1.54, 1.807) is 0 Å². The van der Waals surface area contributed by atoms with Crippen LogP contribution in [0.25, 0.3) is 21.5 Å². The van der Waals surface area contributed by atoms with E-state index in [2.05, 4.69) is 113 Å². The van der Waals surface area contributed by atoms with Crippen molar-refractivity contribution in [3.63, 3.8) is 0 Å². The Hall–Kier alpha value is -2.91. The number of carbonyl (C=O) groups excluding carboxylic acids is 1. The van der Waals surface area contributed by atoms with Crippen LogP contribution in [0.5, 0.6) is 0 Å². The summed E-state index contributed by atoms with van der Waals surface area (Å²) < 4.78 is 6.51. The molecule has 0 N–H and O–H groups in total. The fourth-order valence-electron chi connectivity index (χ4n) is 5.39. The first-order valence-corrected chi connectivity index (χ1v) is 14.9. The predicted octanol–water partition coefficient (Wildman–Crippen LogP) is 8.52. The molecular formula is C30H34O2Si. The lowest BCUT2D eigenvalue weighted by molar-refractivity contribution is -0.147. The van der Waals surface area contributed by atoms with Gasteiger partial charge in [-0.05, 0) is 21.5 Å². The van der Waals surface area contributed by atoms with Crippen LogP contribution in [0.2, 0.25) is 23.7 Å². The van der Waals surface area contributed by atoms with Crippen molar-refractivity contribution in [2.75, 3.05) is 0 Å². The SMILES string of the molecule is CC[Si](CC)(CC)C(C)C(=O)OC(c1cccc2ccccc12)c1cccc2ccccc12. The molecule has 170 valence electrons. The lowest BCUT2D eigenvalue weighted by atomic mass is 9.92. The second-order valence-electron chi connectivity index (χ2n) is 9.10. The molecule has 0 spiro atoms. The van der Waals surface area contributed by atoms with Gasteiger partial charge < -0.3 is 4.74 Å². The maximum Gasteiger partial charge on any atom is 0.306 e. The molecule has 0 aliphatic rings. The molecule has 0 radical (unpaired) electrons. The van der Waals surface area contributed by atoms with Gasteiger partial charge in [0.05, 0.1) is 8.07 Å². The van der Waals surface area contributed by atoms with Gasteiger partial charge in [0.25, 0.3) is 0 Å². The molecule has 4 aromatic carbocycles. The Labute approximate surface area is 198 Å². The Morgan fingerprint density at radius 1 is 0.697 bits per heavy atom. The van der Waals surface area contributed by atoms with Crippen LogP contribution in [0.3, 0.4) is 0 Å². The maximum absolute atomic E-state index is 13.7. The van der Waals surface area contributed by atoms with Crippen LogP contribution >= 0.6 is 0 Å². The monoisotopic (exact) mass is 454 g/mol. The van der Waals surface area contributed by atoms with Crippen LogP contribution in [-0.2, 0) is 9.53 Å². The molecule has 1 atom stereocenters. The van der Waals surface area contributed by atoms with Gasteiger partial charge in [-0.15, -0.1) is 0 Å². The van der Waals surface area contributed by atoms with Crippen molar-refractivity contribution in [3.8, 4) is 0 Å². The van der Waals surface area contributed by atoms with E-state index < -0.39 is 14.2 Å². The highest BCUT2D eigenvalue weighted by atomic mass is 28.3. The number of rotatable bonds is 8. The van der Waals surface area contributed by atoms with Gasteiger partial charge in [0.1, 0.15) is 0 Å². The Morgan fingerprint density at radius 2 is 1.12 bits per heavy atom. The van der Waals surface area contributed by atoms with Gasteiger partial charge in [0.2, 0.25) is 0 Å². The molecule has 0 fully saturated rings. The second-order valence-corrected chi connectivity index (χ2v) is 14.8. The van der Waals surface area contributed by atoms with Crippen LogP contribution in [0.15, 0.2) is 84.9 Å². The van der Waals surface area contributed by atoms with E-state index in [1.807, 2.05) is 0 Å². The summed E-state index contributed by atoms with van der Waals surface area (Å²) in [6.45, 7) is 8.84. The maximum atomic E-state index is 13.7. The van der Waals surface area contributed by atoms with Crippen LogP contribution in [0, 0.1) is 0 Å². The van der Waals surface area contributed by atoms with Crippen molar-refractivity contribution in [2.45, 2.75) is 57.5 Å². The topological polar surface area (TPSA) is 26.3 Å². The smallest absolute Gasteiger partial charge is 0.306 e. The van der Waals surface area contributed by atoms with E-state index in [4.69, 9.17) is 4.74 Å². The number of benzene rings is 4. The summed E-state index contributed by atoms with van der Waals surface area (Å²) in [5.41, 5.74) is 2.05. The second kappa shape index (κ2) is 9.92. The molecular weight excluding hydrogens is 420 g/mol. The van der Waals surface area contributed by atoms with Crippen LogP contribution in [-0.4, -0.2) is 14.0 Å². The Morgan fingerprint density at radius 3 is 1.58 bits per heavy atom. The highest BCUT2D eigenvalue weighted by Gasteiger charge is 2.40. The Balaban J connectivity index is 1.86. The van der Waals surface area contributed by atoms with E-state index in [1.165, 1.54) is 0 Å². The highest BCUT2D eigenvalue weighted by molar-refractivity contribution is 6.83. The lowest BCUT2D eigenvalue weighted by Crippen LogP contribution is -2.41. The fourth-order valence-corrected chi connectivity index (χ4v) is 9.29. The zero-order valence-corrected chi connectivity index (χ0v) is 21.2. The summed E-state index contributed by atoms with van der Waals surface area (Å²) in [5.74, 6) is -0.0573. The molecule has 3 heteroatoms. The normalized spacial score (nSPS) is 12.9. The van der Waals surface area contributed by atoms with E-state index >= 15 is 0 Å². The third-order valence-corrected chi connectivity index (χ3v) is 14.1. The zero-order valence-electron chi connectivity index (χ0n) is 20.2. The molecule has 4 aromatic rings. The number of ether oxygens (including phenoxy) is 1. The van der Waals surface area contributed by atoms with Crippen LogP contribution in [0.4, 0.5) is 0 Å². The van der Waals surface area contributed by atoms with Crippen molar-refractivity contribution in [1.82, 2.24) is 0 Å². The highest BCUT2D eigenvalue weighted by Crippen LogP contribution is 2.39. The number of hydrogen-bond acceptors (Lipinski definition) is 2. The van der Waals surface area contributed by atoms with Gasteiger partial charge >= 0.3 is 5.97 Å². The van der Waals surface area contributed by atoms with Crippen molar-refractivity contribution in [2.24, 2.45) is 0 Å². The minimum absolute atomic E-state index is 0.0371. The van der Waals surface area contributed by atoms with Crippen LogP contribution in [0.1, 0.15) is 44.9 Å². The minimum atomic E-state index is -1.73. The van der Waals surface area contributed by atoms with E-state index in [9.17, 15) is 4.79 Å². The summed E-state index contributed by atoms with van der Waals surface area (Å²) in [4.78, 5) is 13.7. The molecule has 1 unspecified atom stereocenters. The lowest BCUT2D eigenvalue weighted by Gasteiger charge is -2.34. The molecule has 4 rings (SSSR count). The van der Waals surface area contributed by atoms with Crippen LogP contribution < -0.4 is 0 Å². The van der Waals surface area contributed by atoms with E-state index in [0.717, 1.165) is 50.8 Å². The average molecular weight is 455 g/mol. The van der Waals surface area contributed by atoms with E-state index in [-0.39, 0.29) is 11.5 Å². The molecule has 0 heterocycles. The minimum Gasteiger partial charge on any atom is -0.453 e. The van der Waals surface area contributed by atoms with Gasteiger partial charge in [-0.3, -0.25) is 4.79 Å². The van der Waals surface area contributed by atoms with Crippen molar-refractivity contribution in [1.29, 1.82) is 0 Å². The summed E-state index contributed by atoms with van der Waals surface area (Å²) in [7, 11) is -1.73. The summed E-state index contributed by atoms with van der Waals surface area (Å²) in [5, 5.41) is 4.57. The molecule has 0 amide bonds. The quantitative estimate of drug-likeness (QED) is 0.197. The predicted molar refractivity (Wildman–Crippen MR) is 142 cm³/mol. The number of esters is 1. The Bertz CT molecular complexity index is 1160. The Kier molecular flexibility index (Phi) is 6.99. The molecule has 0 saturated heterocycles.